The largest absolute Gasteiger partial charge is 0.469 e. The van der Waals surface area contributed by atoms with E-state index in [4.69, 9.17) is 9.56 Å². The van der Waals surface area contributed by atoms with Crippen LogP contribution in [0.1, 0.15) is 22.5 Å². The Morgan fingerprint density at radius 3 is 2.38 bits per heavy atom. The summed E-state index contributed by atoms with van der Waals surface area (Å²) in [7, 11) is -2.46. The lowest BCUT2D eigenvalue weighted by molar-refractivity contribution is -0.140. The molecule has 1 heterocycles. The zero-order chi connectivity index (χ0) is 19.2. The van der Waals surface area contributed by atoms with Gasteiger partial charge in [-0.05, 0) is 36.2 Å². The minimum atomic E-state index is -3.74. The first kappa shape index (κ1) is 19.7. The first-order valence-corrected chi connectivity index (χ1v) is 9.37. The van der Waals surface area contributed by atoms with Gasteiger partial charge in [0, 0.05) is 13.1 Å². The molecule has 1 amide bonds. The van der Waals surface area contributed by atoms with Gasteiger partial charge in [0.25, 0.3) is 5.91 Å². The second-order valence-corrected chi connectivity index (χ2v) is 7.10. The molecule has 2 aromatic rings. The molecule has 0 spiro atoms. The molecule has 0 saturated carbocycles. The number of furan rings is 1. The maximum atomic E-state index is 12.5. The van der Waals surface area contributed by atoms with Crippen LogP contribution in [0.25, 0.3) is 0 Å². The number of amides is 1. The number of esters is 1. The van der Waals surface area contributed by atoms with Crippen molar-refractivity contribution in [3.63, 3.8) is 0 Å². The molecule has 2 N–H and O–H groups in total. The van der Waals surface area contributed by atoms with E-state index in [9.17, 15) is 18.0 Å². The van der Waals surface area contributed by atoms with Crippen LogP contribution in [-0.2, 0) is 26.0 Å². The third-order valence-corrected chi connectivity index (χ3v) is 4.68. The topological polar surface area (TPSA) is 120 Å². The zero-order valence-electron chi connectivity index (χ0n) is 14.3. The highest BCUT2D eigenvalue weighted by atomic mass is 32.2. The molecule has 26 heavy (non-hydrogen) atoms. The molecule has 0 unspecified atom stereocenters. The molecule has 140 valence electrons. The molecule has 8 nitrogen and oxygen atoms in total. The highest BCUT2D eigenvalue weighted by molar-refractivity contribution is 7.89. The van der Waals surface area contributed by atoms with E-state index < -0.39 is 16.0 Å². The summed E-state index contributed by atoms with van der Waals surface area (Å²) in [5.74, 6) is -0.570. The molecule has 0 saturated heterocycles. The Labute approximate surface area is 151 Å². The van der Waals surface area contributed by atoms with Gasteiger partial charge in [0.15, 0.2) is 5.76 Å². The van der Waals surface area contributed by atoms with Crippen molar-refractivity contribution in [3.8, 4) is 0 Å². The standard InChI is InChI=1S/C17H20N2O6S/c1-24-16(20)9-11-19(17(21)15-3-2-12-25-15)10-8-13-4-6-14(7-5-13)26(18,22)23/h2-7,12H,8-11H2,1H3,(H2,18,22,23). The summed E-state index contributed by atoms with van der Waals surface area (Å²) in [5, 5.41) is 5.07. The van der Waals surface area contributed by atoms with Crippen LogP contribution in [0, 0.1) is 0 Å². The van der Waals surface area contributed by atoms with Crippen molar-refractivity contribution >= 4 is 21.9 Å². The van der Waals surface area contributed by atoms with E-state index in [1.165, 1.54) is 30.4 Å². The fraction of sp³-hybridized carbons (Fsp3) is 0.294. The first-order chi connectivity index (χ1) is 12.3. The van der Waals surface area contributed by atoms with Gasteiger partial charge >= 0.3 is 5.97 Å². The number of hydrogen-bond donors (Lipinski definition) is 1. The van der Waals surface area contributed by atoms with Crippen molar-refractivity contribution in [2.75, 3.05) is 20.2 Å². The van der Waals surface area contributed by atoms with Crippen LogP contribution in [0.5, 0.6) is 0 Å². The minimum Gasteiger partial charge on any atom is -0.469 e. The van der Waals surface area contributed by atoms with E-state index in [2.05, 4.69) is 4.74 Å². The Morgan fingerprint density at radius 2 is 1.85 bits per heavy atom. The summed E-state index contributed by atoms with van der Waals surface area (Å²) in [4.78, 5) is 25.4. The predicted octanol–water partition coefficient (Wildman–Crippen LogP) is 1.18. The number of nitrogens with zero attached hydrogens (tertiary/aromatic N) is 1. The van der Waals surface area contributed by atoms with Gasteiger partial charge in [0.05, 0.1) is 24.7 Å². The maximum absolute atomic E-state index is 12.5. The van der Waals surface area contributed by atoms with Gasteiger partial charge in [0.1, 0.15) is 0 Å². The molecule has 2 rings (SSSR count). The lowest BCUT2D eigenvalue weighted by Gasteiger charge is -2.21. The molecule has 0 fully saturated rings. The number of nitrogens with two attached hydrogens (primary N) is 1. The van der Waals surface area contributed by atoms with E-state index in [1.54, 1.807) is 24.3 Å². The lowest BCUT2D eigenvalue weighted by atomic mass is 10.1. The summed E-state index contributed by atoms with van der Waals surface area (Å²) < 4.78 is 32.3. The molecule has 0 aliphatic carbocycles. The van der Waals surface area contributed by atoms with Crippen molar-refractivity contribution in [3.05, 3.63) is 54.0 Å². The van der Waals surface area contributed by atoms with Crippen molar-refractivity contribution in [1.82, 2.24) is 4.90 Å². The van der Waals surface area contributed by atoms with E-state index in [0.717, 1.165) is 5.56 Å². The quantitative estimate of drug-likeness (QED) is 0.687. The Hall–Kier alpha value is -2.65. The number of hydrogen-bond acceptors (Lipinski definition) is 6. The van der Waals surface area contributed by atoms with Gasteiger partial charge in [-0.15, -0.1) is 0 Å². The molecule has 0 bridgehead atoms. The number of carbonyl (C=O) groups excluding carboxylic acids is 2. The SMILES string of the molecule is COC(=O)CCN(CCc1ccc(S(N)(=O)=O)cc1)C(=O)c1ccco1. The number of primary sulfonamides is 1. The second kappa shape index (κ2) is 8.63. The second-order valence-electron chi connectivity index (χ2n) is 5.53. The average Bonchev–Trinajstić information content (AvgIpc) is 3.15. The van der Waals surface area contributed by atoms with Crippen molar-refractivity contribution in [2.24, 2.45) is 5.14 Å². The van der Waals surface area contributed by atoms with Crippen molar-refractivity contribution in [1.29, 1.82) is 0 Å². The first-order valence-electron chi connectivity index (χ1n) is 7.82. The van der Waals surface area contributed by atoms with E-state index in [0.29, 0.717) is 13.0 Å². The monoisotopic (exact) mass is 380 g/mol. The third kappa shape index (κ3) is 5.43. The third-order valence-electron chi connectivity index (χ3n) is 3.75. The van der Waals surface area contributed by atoms with Crippen LogP contribution in [0.3, 0.4) is 0 Å². The fourth-order valence-corrected chi connectivity index (χ4v) is 2.82. The summed E-state index contributed by atoms with van der Waals surface area (Å²) >= 11 is 0. The molecular weight excluding hydrogens is 360 g/mol. The molecule has 0 aliphatic rings. The highest BCUT2D eigenvalue weighted by Gasteiger charge is 2.19. The van der Waals surface area contributed by atoms with Crippen LogP contribution < -0.4 is 5.14 Å². The predicted molar refractivity (Wildman–Crippen MR) is 92.8 cm³/mol. The number of benzene rings is 1. The summed E-state index contributed by atoms with van der Waals surface area (Å²) in [5.41, 5.74) is 0.827. The number of carbonyl (C=O) groups is 2. The van der Waals surface area contributed by atoms with E-state index >= 15 is 0 Å². The Kier molecular flexibility index (Phi) is 6.53. The van der Waals surface area contributed by atoms with Crippen LogP contribution >= 0.6 is 0 Å². The Balaban J connectivity index is 2.06. The Morgan fingerprint density at radius 1 is 1.15 bits per heavy atom. The molecule has 0 aliphatic heterocycles. The number of sulfonamides is 1. The van der Waals surface area contributed by atoms with E-state index in [1.807, 2.05) is 0 Å². The van der Waals surface area contributed by atoms with Crippen LogP contribution in [0.4, 0.5) is 0 Å². The van der Waals surface area contributed by atoms with Gasteiger partial charge in [-0.1, -0.05) is 12.1 Å². The van der Waals surface area contributed by atoms with Gasteiger partial charge < -0.3 is 14.1 Å². The van der Waals surface area contributed by atoms with Crippen molar-refractivity contribution in [2.45, 2.75) is 17.7 Å². The van der Waals surface area contributed by atoms with Crippen LogP contribution in [0.15, 0.2) is 52.0 Å². The average molecular weight is 380 g/mol. The number of ether oxygens (including phenoxy) is 1. The van der Waals surface area contributed by atoms with Gasteiger partial charge in [-0.2, -0.15) is 0 Å². The van der Waals surface area contributed by atoms with Gasteiger partial charge in [-0.25, -0.2) is 13.6 Å². The minimum absolute atomic E-state index is 0.0236. The van der Waals surface area contributed by atoms with Crippen LogP contribution in [0.2, 0.25) is 0 Å². The van der Waals surface area contributed by atoms with Crippen molar-refractivity contribution < 1.29 is 27.2 Å². The molecular formula is C17H20N2O6S. The maximum Gasteiger partial charge on any atom is 0.307 e. The summed E-state index contributed by atoms with van der Waals surface area (Å²) in [6.45, 7) is 0.507. The number of rotatable bonds is 8. The lowest BCUT2D eigenvalue weighted by Crippen LogP contribution is -2.34. The Bertz CT molecular complexity index is 844. The summed E-state index contributed by atoms with van der Waals surface area (Å²) in [6, 6.07) is 9.26. The smallest absolute Gasteiger partial charge is 0.307 e. The fourth-order valence-electron chi connectivity index (χ4n) is 2.31. The number of methoxy groups -OCH3 is 1. The molecule has 1 aromatic heterocycles. The molecule has 0 radical (unpaired) electrons. The van der Waals surface area contributed by atoms with E-state index in [-0.39, 0.29) is 29.5 Å². The summed E-state index contributed by atoms with van der Waals surface area (Å²) in [6.07, 6.45) is 1.93. The zero-order valence-corrected chi connectivity index (χ0v) is 15.1. The van der Waals surface area contributed by atoms with Gasteiger partial charge in [0.2, 0.25) is 10.0 Å². The van der Waals surface area contributed by atoms with Crippen LogP contribution in [-0.4, -0.2) is 45.4 Å². The molecule has 0 atom stereocenters. The highest BCUT2D eigenvalue weighted by Crippen LogP contribution is 2.12. The van der Waals surface area contributed by atoms with Gasteiger partial charge in [-0.3, -0.25) is 9.59 Å². The normalized spacial score (nSPS) is 11.2. The molecule has 1 aromatic carbocycles. The molecule has 9 heteroatoms.